The molecule has 0 saturated heterocycles. The highest BCUT2D eigenvalue weighted by molar-refractivity contribution is 6.20. The first kappa shape index (κ1) is 42.6. The van der Waals surface area contributed by atoms with Crippen molar-refractivity contribution in [3.8, 4) is 39.7 Å². The van der Waals surface area contributed by atoms with Gasteiger partial charge in [0.1, 0.15) is 22.8 Å². The van der Waals surface area contributed by atoms with Gasteiger partial charge in [0.15, 0.2) is 0 Å². The smallest absolute Gasteiger partial charge is 0.146 e. The number of pyridine rings is 2. The summed E-state index contributed by atoms with van der Waals surface area (Å²) in [6, 6.07) is 79.5. The topological polar surface area (TPSA) is 57.9 Å². The molecular formula is C69H47N7. The molecule has 10 aromatic carbocycles. The van der Waals surface area contributed by atoms with E-state index in [1.807, 2.05) is 6.20 Å². The van der Waals surface area contributed by atoms with E-state index in [0.717, 1.165) is 94.8 Å². The average molecular weight is 974 g/mol. The Balaban J connectivity index is 0.938. The quantitative estimate of drug-likeness (QED) is 0.156. The molecule has 76 heavy (non-hydrogen) atoms. The van der Waals surface area contributed by atoms with Gasteiger partial charge in [0.05, 0.1) is 56.0 Å². The van der Waals surface area contributed by atoms with Crippen molar-refractivity contribution < 1.29 is 0 Å². The fourth-order valence-corrected chi connectivity index (χ4v) is 12.6. The molecule has 16 rings (SSSR count). The highest BCUT2D eigenvalue weighted by atomic mass is 15.1. The minimum absolute atomic E-state index is 0.244. The number of rotatable bonds is 6. The van der Waals surface area contributed by atoms with Crippen LogP contribution in [0.1, 0.15) is 30.9 Å². The second-order valence-electron chi connectivity index (χ2n) is 20.7. The van der Waals surface area contributed by atoms with Crippen molar-refractivity contribution in [3.05, 3.63) is 236 Å². The molecule has 7 heteroatoms. The molecule has 0 aliphatic carbocycles. The molecule has 0 aliphatic heterocycles. The lowest BCUT2D eigenvalue weighted by atomic mass is 9.95. The third kappa shape index (κ3) is 6.08. The molecule has 0 spiro atoms. The lowest BCUT2D eigenvalue weighted by Gasteiger charge is -2.19. The molecular weight excluding hydrogens is 927 g/mol. The first-order chi connectivity index (χ1) is 37.4. The number of para-hydroxylation sites is 3. The molecule has 0 radical (unpaired) electrons. The Labute approximate surface area is 436 Å². The molecule has 0 amide bonds. The van der Waals surface area contributed by atoms with E-state index in [4.69, 9.17) is 15.0 Å². The third-order valence-electron chi connectivity index (χ3n) is 16.0. The minimum atomic E-state index is 0.244. The summed E-state index contributed by atoms with van der Waals surface area (Å²) >= 11 is 0. The Bertz CT molecular complexity index is 5110. The average Bonchev–Trinajstić information content (AvgIpc) is 4.40. The second-order valence-corrected chi connectivity index (χ2v) is 20.7. The second kappa shape index (κ2) is 16.1. The van der Waals surface area contributed by atoms with E-state index in [1.54, 1.807) is 0 Å². The largest absolute Gasteiger partial charge is 0.309 e. The molecule has 0 N–H and O–H groups in total. The molecule has 358 valence electrons. The van der Waals surface area contributed by atoms with Crippen molar-refractivity contribution in [2.24, 2.45) is 0 Å². The van der Waals surface area contributed by atoms with Gasteiger partial charge in [-0.05, 0) is 107 Å². The normalized spacial score (nSPS) is 12.3. The zero-order valence-electron chi connectivity index (χ0n) is 42.1. The number of hydrogen-bond acceptors (Lipinski definition) is 3. The Hall–Kier alpha value is -9.85. The fraction of sp³-hybridized carbons (Fsp3) is 0.0580. The van der Waals surface area contributed by atoms with Gasteiger partial charge in [0.25, 0.3) is 0 Å². The Morgan fingerprint density at radius 3 is 1.80 bits per heavy atom. The summed E-state index contributed by atoms with van der Waals surface area (Å²) in [4.78, 5) is 16.1. The molecule has 16 aromatic rings. The molecule has 0 unspecified atom stereocenters. The van der Waals surface area contributed by atoms with Crippen LogP contribution in [0.5, 0.6) is 0 Å². The van der Waals surface area contributed by atoms with E-state index in [1.165, 1.54) is 59.8 Å². The number of imidazole rings is 2. The van der Waals surface area contributed by atoms with Crippen molar-refractivity contribution in [2.45, 2.75) is 26.7 Å². The molecule has 0 fully saturated rings. The van der Waals surface area contributed by atoms with E-state index >= 15 is 0 Å². The number of aryl methyl sites for hydroxylation is 1. The van der Waals surface area contributed by atoms with Gasteiger partial charge in [-0.25, -0.2) is 15.0 Å². The van der Waals surface area contributed by atoms with Crippen molar-refractivity contribution in [2.75, 3.05) is 0 Å². The maximum atomic E-state index is 5.65. The molecule has 6 heterocycles. The van der Waals surface area contributed by atoms with Gasteiger partial charge in [0, 0.05) is 55.0 Å². The maximum absolute atomic E-state index is 5.65. The summed E-state index contributed by atoms with van der Waals surface area (Å²) in [7, 11) is 0. The van der Waals surface area contributed by atoms with Crippen LogP contribution in [0.3, 0.4) is 0 Å². The van der Waals surface area contributed by atoms with Crippen LogP contribution in [0, 0.1) is 6.92 Å². The zero-order valence-corrected chi connectivity index (χ0v) is 42.1. The molecule has 0 atom stereocenters. The monoisotopic (exact) mass is 973 g/mol. The Kier molecular flexibility index (Phi) is 9.02. The van der Waals surface area contributed by atoms with Crippen molar-refractivity contribution in [3.63, 3.8) is 0 Å². The van der Waals surface area contributed by atoms with E-state index in [2.05, 4.69) is 257 Å². The van der Waals surface area contributed by atoms with E-state index in [-0.39, 0.29) is 5.92 Å². The highest BCUT2D eigenvalue weighted by Crippen LogP contribution is 2.43. The third-order valence-corrected chi connectivity index (χ3v) is 16.0. The molecule has 6 aromatic heterocycles. The van der Waals surface area contributed by atoms with Gasteiger partial charge in [-0.2, -0.15) is 0 Å². The van der Waals surface area contributed by atoms with E-state index < -0.39 is 0 Å². The lowest BCUT2D eigenvalue weighted by Crippen LogP contribution is -2.05. The van der Waals surface area contributed by atoms with Crippen molar-refractivity contribution in [1.82, 2.24) is 33.1 Å². The molecule has 7 nitrogen and oxygen atoms in total. The van der Waals surface area contributed by atoms with Gasteiger partial charge < -0.3 is 4.57 Å². The van der Waals surface area contributed by atoms with Crippen LogP contribution in [0.2, 0.25) is 0 Å². The van der Waals surface area contributed by atoms with Crippen LogP contribution in [0.4, 0.5) is 0 Å². The van der Waals surface area contributed by atoms with Crippen LogP contribution >= 0.6 is 0 Å². The Morgan fingerprint density at radius 2 is 1.04 bits per heavy atom. The fourth-order valence-electron chi connectivity index (χ4n) is 12.6. The number of hydrogen-bond donors (Lipinski definition) is 0. The summed E-state index contributed by atoms with van der Waals surface area (Å²) in [6.07, 6.45) is 1.95. The zero-order chi connectivity index (χ0) is 50.3. The van der Waals surface area contributed by atoms with Gasteiger partial charge in [-0.15, -0.1) is 0 Å². The Morgan fingerprint density at radius 1 is 0.408 bits per heavy atom. The van der Waals surface area contributed by atoms with Gasteiger partial charge in [-0.1, -0.05) is 166 Å². The van der Waals surface area contributed by atoms with Gasteiger partial charge in [0.2, 0.25) is 0 Å². The highest BCUT2D eigenvalue weighted by Gasteiger charge is 2.25. The molecule has 0 saturated carbocycles. The number of fused-ring (bicyclic) bond motifs is 17. The van der Waals surface area contributed by atoms with Gasteiger partial charge in [-0.3, -0.25) is 13.5 Å². The van der Waals surface area contributed by atoms with Crippen LogP contribution in [-0.4, -0.2) is 33.1 Å². The summed E-state index contributed by atoms with van der Waals surface area (Å²) in [6.45, 7) is 6.79. The summed E-state index contributed by atoms with van der Waals surface area (Å²) in [5, 5.41) is 10.6. The number of benzene rings is 10. The van der Waals surface area contributed by atoms with Crippen LogP contribution < -0.4 is 0 Å². The first-order valence-electron chi connectivity index (χ1n) is 26.2. The summed E-state index contributed by atoms with van der Waals surface area (Å²) in [5.41, 5.74) is 18.5. The molecule has 0 aliphatic rings. The molecule has 0 bridgehead atoms. The van der Waals surface area contributed by atoms with Crippen LogP contribution in [-0.2, 0) is 0 Å². The number of nitrogens with zero attached hydrogens (tertiary/aromatic N) is 7. The summed E-state index contributed by atoms with van der Waals surface area (Å²) < 4.78 is 9.54. The van der Waals surface area contributed by atoms with E-state index in [0.29, 0.717) is 0 Å². The predicted octanol–water partition coefficient (Wildman–Crippen LogP) is 17.6. The van der Waals surface area contributed by atoms with Crippen LogP contribution in [0.15, 0.2) is 225 Å². The summed E-state index contributed by atoms with van der Waals surface area (Å²) in [5.74, 6) is 1.98. The number of aromatic nitrogens is 7. The SMILES string of the molecule is Cc1cc2ccccc2c2c1nc(-c1cccc(-n3c4ccccc4c4cc5c6ccccc6n(-c6cc7c(cn6)nc6c8ccccc8c8ccccc8n76)c5cc43)c1)n2-c1ccc(-c2ccccc2)cc1C(C)C. The maximum Gasteiger partial charge on any atom is 0.146 e. The minimum Gasteiger partial charge on any atom is -0.309 e. The van der Waals surface area contributed by atoms with Gasteiger partial charge >= 0.3 is 0 Å². The predicted molar refractivity (Wildman–Crippen MR) is 316 cm³/mol. The standard InChI is InChI=1S/C69H47N7/c1-41(2)54-36-44(43-18-5-4-6-19-43)32-33-61(54)76-67-48-23-8-7-20-45(48)34-42(3)66(67)72-68(76)46-21-17-22-47(35-46)73-58-29-14-12-26-51(58)55-37-56-52-27-13-15-30-59(52)74(63(56)38-62(55)73)65-39-64-57(40-70-65)71-69-53-28-10-9-24-49(53)50-25-11-16-31-60(50)75(64)69/h4-41H,1-3H3. The van der Waals surface area contributed by atoms with E-state index in [9.17, 15) is 0 Å². The van der Waals surface area contributed by atoms with Crippen molar-refractivity contribution >= 4 is 104 Å². The first-order valence-corrected chi connectivity index (χ1v) is 26.2. The lowest BCUT2D eigenvalue weighted by molar-refractivity contribution is 0.851. The van der Waals surface area contributed by atoms with Crippen molar-refractivity contribution in [1.29, 1.82) is 0 Å². The van der Waals surface area contributed by atoms with Crippen LogP contribution in [0.25, 0.3) is 143 Å².